The average Bonchev–Trinajstić information content (AvgIpc) is 3.32. The summed E-state index contributed by atoms with van der Waals surface area (Å²) in [5, 5.41) is 3.99. The first-order valence-electron chi connectivity index (χ1n) is 12.5. The Labute approximate surface area is 211 Å². The molecule has 1 fully saturated rings. The average molecular weight is 481 g/mol. The van der Waals surface area contributed by atoms with Crippen molar-refractivity contribution < 1.29 is 9.59 Å². The molecule has 184 valence electrons. The van der Waals surface area contributed by atoms with Crippen molar-refractivity contribution >= 4 is 22.7 Å². The van der Waals surface area contributed by atoms with Gasteiger partial charge in [-0.05, 0) is 22.8 Å². The molecule has 6 nitrogen and oxygen atoms in total. The normalized spacial score (nSPS) is 15.2. The number of aromatic amines is 1. The number of rotatable bonds is 7. The molecule has 0 saturated carbocycles. The molecule has 1 aromatic heterocycles. The van der Waals surface area contributed by atoms with Gasteiger partial charge in [-0.15, -0.1) is 0 Å². The summed E-state index contributed by atoms with van der Waals surface area (Å²) in [6.07, 6.45) is 2.40. The van der Waals surface area contributed by atoms with Gasteiger partial charge in [0.1, 0.15) is 6.04 Å². The van der Waals surface area contributed by atoms with E-state index in [0.717, 1.165) is 29.6 Å². The highest BCUT2D eigenvalue weighted by molar-refractivity contribution is 5.89. The number of H-pyrrole nitrogens is 1. The quantitative estimate of drug-likeness (QED) is 0.418. The lowest BCUT2D eigenvalue weighted by Crippen LogP contribution is -2.55. The summed E-state index contributed by atoms with van der Waals surface area (Å²) in [4.78, 5) is 33.2. The smallest absolute Gasteiger partial charge is 0.245 e. The van der Waals surface area contributed by atoms with Crippen LogP contribution in [0.2, 0.25) is 0 Å². The SMILES string of the molecule is CC(=O)NC(Cc1c[nH]c2ccccc12)C(=O)N1CCN(C(c2ccccc2)c2ccccc2)CC1. The van der Waals surface area contributed by atoms with E-state index in [4.69, 9.17) is 0 Å². The lowest BCUT2D eigenvalue weighted by Gasteiger charge is -2.40. The predicted molar refractivity (Wildman–Crippen MR) is 142 cm³/mol. The van der Waals surface area contributed by atoms with Crippen molar-refractivity contribution in [2.24, 2.45) is 0 Å². The van der Waals surface area contributed by atoms with Crippen molar-refractivity contribution in [3.63, 3.8) is 0 Å². The van der Waals surface area contributed by atoms with Crippen molar-refractivity contribution in [2.45, 2.75) is 25.4 Å². The van der Waals surface area contributed by atoms with E-state index in [1.807, 2.05) is 47.5 Å². The second kappa shape index (κ2) is 10.8. The van der Waals surface area contributed by atoms with Crippen LogP contribution in [0.1, 0.15) is 29.7 Å². The minimum absolute atomic E-state index is 0.0221. The van der Waals surface area contributed by atoms with Gasteiger partial charge in [0.05, 0.1) is 6.04 Å². The molecule has 1 aliphatic rings. The molecule has 2 heterocycles. The maximum Gasteiger partial charge on any atom is 0.245 e. The Morgan fingerprint density at radius 3 is 2.03 bits per heavy atom. The first-order chi connectivity index (χ1) is 17.6. The van der Waals surface area contributed by atoms with E-state index in [1.54, 1.807) is 0 Å². The van der Waals surface area contributed by atoms with Crippen LogP contribution in [0.3, 0.4) is 0 Å². The maximum absolute atomic E-state index is 13.6. The van der Waals surface area contributed by atoms with Crippen LogP contribution in [0.15, 0.2) is 91.1 Å². The van der Waals surface area contributed by atoms with Crippen LogP contribution < -0.4 is 5.32 Å². The zero-order valence-corrected chi connectivity index (χ0v) is 20.6. The van der Waals surface area contributed by atoms with Gasteiger partial charge in [0, 0.05) is 56.6 Å². The molecule has 1 unspecified atom stereocenters. The molecule has 0 bridgehead atoms. The van der Waals surface area contributed by atoms with Gasteiger partial charge in [-0.25, -0.2) is 0 Å². The van der Waals surface area contributed by atoms with Gasteiger partial charge in [-0.1, -0.05) is 78.9 Å². The van der Waals surface area contributed by atoms with Crippen LogP contribution in [-0.4, -0.2) is 58.8 Å². The molecule has 3 aromatic carbocycles. The van der Waals surface area contributed by atoms with Gasteiger partial charge >= 0.3 is 0 Å². The summed E-state index contributed by atoms with van der Waals surface area (Å²) in [5.41, 5.74) is 4.56. The van der Waals surface area contributed by atoms with E-state index in [1.165, 1.54) is 18.1 Å². The largest absolute Gasteiger partial charge is 0.361 e. The van der Waals surface area contributed by atoms with Crippen molar-refractivity contribution in [2.75, 3.05) is 26.2 Å². The van der Waals surface area contributed by atoms with Crippen LogP contribution in [0.4, 0.5) is 0 Å². The van der Waals surface area contributed by atoms with Gasteiger partial charge in [-0.3, -0.25) is 14.5 Å². The Kier molecular flexibility index (Phi) is 7.14. The molecule has 1 atom stereocenters. The summed E-state index contributed by atoms with van der Waals surface area (Å²) in [5.74, 6) is -0.217. The monoisotopic (exact) mass is 480 g/mol. The number of hydrogen-bond acceptors (Lipinski definition) is 3. The maximum atomic E-state index is 13.6. The number of benzene rings is 3. The Bertz CT molecular complexity index is 1270. The zero-order valence-electron chi connectivity index (χ0n) is 20.6. The molecule has 1 saturated heterocycles. The Morgan fingerprint density at radius 1 is 0.833 bits per heavy atom. The molecule has 0 aliphatic carbocycles. The predicted octanol–water partition coefficient (Wildman–Crippen LogP) is 4.15. The van der Waals surface area contributed by atoms with Crippen molar-refractivity contribution in [3.05, 3.63) is 108 Å². The Balaban J connectivity index is 1.31. The van der Waals surface area contributed by atoms with E-state index in [2.05, 4.69) is 63.7 Å². The summed E-state index contributed by atoms with van der Waals surface area (Å²) in [6, 6.07) is 28.7. The lowest BCUT2D eigenvalue weighted by molar-refractivity contribution is -0.137. The number of hydrogen-bond donors (Lipinski definition) is 2. The number of nitrogens with one attached hydrogen (secondary N) is 2. The van der Waals surface area contributed by atoms with E-state index >= 15 is 0 Å². The van der Waals surface area contributed by atoms with E-state index in [0.29, 0.717) is 19.5 Å². The number of nitrogens with zero attached hydrogens (tertiary/aromatic N) is 2. The highest BCUT2D eigenvalue weighted by Gasteiger charge is 2.32. The molecule has 2 amide bonds. The van der Waals surface area contributed by atoms with E-state index in [-0.39, 0.29) is 17.9 Å². The number of amides is 2. The molecule has 4 aromatic rings. The summed E-state index contributed by atoms with van der Waals surface area (Å²) >= 11 is 0. The van der Waals surface area contributed by atoms with Crippen LogP contribution in [0, 0.1) is 0 Å². The first-order valence-corrected chi connectivity index (χ1v) is 12.5. The van der Waals surface area contributed by atoms with E-state index < -0.39 is 6.04 Å². The topological polar surface area (TPSA) is 68.4 Å². The van der Waals surface area contributed by atoms with Crippen molar-refractivity contribution in [1.82, 2.24) is 20.1 Å². The van der Waals surface area contributed by atoms with Crippen LogP contribution in [0.25, 0.3) is 10.9 Å². The van der Waals surface area contributed by atoms with Gasteiger partial charge in [0.15, 0.2) is 0 Å². The number of aromatic nitrogens is 1. The molecule has 2 N–H and O–H groups in total. The highest BCUT2D eigenvalue weighted by Crippen LogP contribution is 2.29. The number of carbonyl (C=O) groups excluding carboxylic acids is 2. The molecule has 36 heavy (non-hydrogen) atoms. The molecule has 0 radical (unpaired) electrons. The van der Waals surface area contributed by atoms with Gasteiger partial charge in [-0.2, -0.15) is 0 Å². The lowest BCUT2D eigenvalue weighted by atomic mass is 9.96. The second-order valence-electron chi connectivity index (χ2n) is 9.40. The third-order valence-corrected chi connectivity index (χ3v) is 7.00. The molecular formula is C30H32N4O2. The van der Waals surface area contributed by atoms with Crippen LogP contribution in [-0.2, 0) is 16.0 Å². The summed E-state index contributed by atoms with van der Waals surface area (Å²) in [7, 11) is 0. The van der Waals surface area contributed by atoms with Gasteiger partial charge in [0.25, 0.3) is 0 Å². The van der Waals surface area contributed by atoms with E-state index in [9.17, 15) is 9.59 Å². The standard InChI is InChI=1S/C30H32N4O2/c1-22(35)32-28(20-25-21-31-27-15-9-8-14-26(25)27)30(36)34-18-16-33(17-19-34)29(23-10-4-2-5-11-23)24-12-6-3-7-13-24/h2-15,21,28-29,31H,16-20H2,1H3,(H,32,35). The van der Waals surface area contributed by atoms with Crippen LogP contribution >= 0.6 is 0 Å². The summed E-state index contributed by atoms with van der Waals surface area (Å²) < 4.78 is 0. The Morgan fingerprint density at radius 2 is 1.42 bits per heavy atom. The van der Waals surface area contributed by atoms with Crippen LogP contribution in [0.5, 0.6) is 0 Å². The summed E-state index contributed by atoms with van der Waals surface area (Å²) in [6.45, 7) is 4.25. The Hall–Kier alpha value is -3.90. The molecule has 0 spiro atoms. The van der Waals surface area contributed by atoms with Gasteiger partial charge in [0.2, 0.25) is 11.8 Å². The minimum atomic E-state index is -0.590. The van der Waals surface area contributed by atoms with Crippen molar-refractivity contribution in [1.29, 1.82) is 0 Å². The fourth-order valence-electron chi connectivity index (χ4n) is 5.27. The fourth-order valence-corrected chi connectivity index (χ4v) is 5.27. The molecular weight excluding hydrogens is 448 g/mol. The second-order valence-corrected chi connectivity index (χ2v) is 9.40. The number of piperazine rings is 1. The first kappa shape index (κ1) is 23.8. The number of fused-ring (bicyclic) bond motifs is 1. The molecule has 5 rings (SSSR count). The van der Waals surface area contributed by atoms with Gasteiger partial charge < -0.3 is 15.2 Å². The number of carbonyl (C=O) groups is 2. The highest BCUT2D eigenvalue weighted by atomic mass is 16.2. The van der Waals surface area contributed by atoms with Crippen molar-refractivity contribution in [3.8, 4) is 0 Å². The fraction of sp³-hybridized carbons (Fsp3) is 0.267. The minimum Gasteiger partial charge on any atom is -0.361 e. The molecule has 1 aliphatic heterocycles. The third-order valence-electron chi connectivity index (χ3n) is 7.00. The zero-order chi connectivity index (χ0) is 24.9. The number of para-hydroxylation sites is 1. The third kappa shape index (κ3) is 5.19. The molecule has 6 heteroatoms.